The van der Waals surface area contributed by atoms with Crippen molar-refractivity contribution in [2.75, 3.05) is 20.2 Å². The van der Waals surface area contributed by atoms with Gasteiger partial charge in [-0.25, -0.2) is 14.6 Å². The first-order chi connectivity index (χ1) is 10.2. The number of esters is 1. The Morgan fingerprint density at radius 1 is 1.36 bits per heavy atom. The summed E-state index contributed by atoms with van der Waals surface area (Å²) in [5, 5.41) is 0.250. The van der Waals surface area contributed by atoms with Gasteiger partial charge in [0.1, 0.15) is 5.60 Å². The maximum absolute atomic E-state index is 11.9. The van der Waals surface area contributed by atoms with Gasteiger partial charge in [0, 0.05) is 25.2 Å². The number of hydrogen-bond acceptors (Lipinski definition) is 5. The van der Waals surface area contributed by atoms with Gasteiger partial charge in [-0.1, -0.05) is 11.6 Å². The number of rotatable bonds is 2. The fourth-order valence-corrected chi connectivity index (χ4v) is 2.34. The highest BCUT2D eigenvalue weighted by Crippen LogP contribution is 2.30. The molecule has 22 heavy (non-hydrogen) atoms. The number of ether oxygens (including phenoxy) is 2. The lowest BCUT2D eigenvalue weighted by atomic mass is 9.93. The van der Waals surface area contributed by atoms with Gasteiger partial charge in [0.2, 0.25) is 0 Å². The summed E-state index contributed by atoms with van der Waals surface area (Å²) in [6.45, 7) is 6.58. The van der Waals surface area contributed by atoms with Crippen LogP contribution in [0.4, 0.5) is 4.79 Å². The maximum Gasteiger partial charge on any atom is 0.410 e. The van der Waals surface area contributed by atoms with Crippen LogP contribution in [0.5, 0.6) is 0 Å². The van der Waals surface area contributed by atoms with Gasteiger partial charge in [-0.3, -0.25) is 0 Å². The molecule has 0 bridgehead atoms. The first-order valence-corrected chi connectivity index (χ1v) is 7.30. The van der Waals surface area contributed by atoms with Gasteiger partial charge in [0.25, 0.3) is 0 Å². The van der Waals surface area contributed by atoms with Crippen LogP contribution in [0.15, 0.2) is 12.3 Å². The van der Waals surface area contributed by atoms with Crippen molar-refractivity contribution in [1.29, 1.82) is 0 Å². The molecule has 0 spiro atoms. The first-order valence-electron chi connectivity index (χ1n) is 6.93. The Bertz CT molecular complexity index is 592. The summed E-state index contributed by atoms with van der Waals surface area (Å²) in [5.41, 5.74) is 0.476. The Morgan fingerprint density at radius 2 is 2.00 bits per heavy atom. The van der Waals surface area contributed by atoms with Crippen molar-refractivity contribution in [3.63, 3.8) is 0 Å². The highest BCUT2D eigenvalue weighted by atomic mass is 35.5. The molecule has 1 aromatic heterocycles. The number of carbonyl (C=O) groups is 2. The number of pyridine rings is 1. The predicted molar refractivity (Wildman–Crippen MR) is 81.1 cm³/mol. The molecule has 0 saturated carbocycles. The molecular weight excluding hydrogens is 308 g/mol. The summed E-state index contributed by atoms with van der Waals surface area (Å²) in [5.74, 6) is -0.426. The number of aromatic nitrogens is 1. The van der Waals surface area contributed by atoms with Crippen LogP contribution >= 0.6 is 11.6 Å². The van der Waals surface area contributed by atoms with Crippen LogP contribution in [0.3, 0.4) is 0 Å². The third-order valence-electron chi connectivity index (χ3n) is 3.25. The van der Waals surface area contributed by atoms with Crippen molar-refractivity contribution < 1.29 is 19.1 Å². The Hall–Kier alpha value is -1.82. The van der Waals surface area contributed by atoms with Crippen LogP contribution in [0.25, 0.3) is 0 Å². The normalized spacial score (nSPS) is 15.2. The van der Waals surface area contributed by atoms with E-state index in [0.29, 0.717) is 13.1 Å². The summed E-state index contributed by atoms with van der Waals surface area (Å²) >= 11 is 6.05. The molecule has 1 aliphatic rings. The zero-order chi connectivity index (χ0) is 16.5. The van der Waals surface area contributed by atoms with Crippen molar-refractivity contribution >= 4 is 23.7 Å². The molecule has 0 aromatic carbocycles. The van der Waals surface area contributed by atoms with E-state index < -0.39 is 11.6 Å². The zero-order valence-electron chi connectivity index (χ0n) is 13.1. The molecule has 2 rings (SSSR count). The average Bonchev–Trinajstić information content (AvgIpc) is 2.34. The van der Waals surface area contributed by atoms with E-state index in [9.17, 15) is 9.59 Å². The fourth-order valence-electron chi connectivity index (χ4n) is 2.09. The molecule has 2 heterocycles. The smallest absolute Gasteiger partial charge is 0.410 e. The number of nitrogens with zero attached hydrogens (tertiary/aromatic N) is 2. The van der Waals surface area contributed by atoms with E-state index in [4.69, 9.17) is 16.3 Å². The van der Waals surface area contributed by atoms with Crippen LogP contribution < -0.4 is 0 Å². The highest BCUT2D eigenvalue weighted by Gasteiger charge is 2.35. The summed E-state index contributed by atoms with van der Waals surface area (Å²) in [6.07, 6.45) is 1.27. The molecule has 6 nitrogen and oxygen atoms in total. The third-order valence-corrected chi connectivity index (χ3v) is 3.53. The van der Waals surface area contributed by atoms with Crippen LogP contribution in [-0.2, 0) is 9.47 Å². The number of halogens is 1. The minimum Gasteiger partial charge on any atom is -0.464 e. The van der Waals surface area contributed by atoms with Gasteiger partial charge >= 0.3 is 12.1 Å². The van der Waals surface area contributed by atoms with Crippen LogP contribution in [0.2, 0.25) is 5.02 Å². The molecule has 0 N–H and O–H groups in total. The van der Waals surface area contributed by atoms with Crippen LogP contribution in [-0.4, -0.2) is 47.7 Å². The standard InChI is InChI=1S/C15H19ClN2O4/c1-15(2,3)22-14(20)18-7-10(8-18)9-5-11(16)12(17-6-9)13(19)21-4/h5-6,10H,7-8H2,1-4H3. The van der Waals surface area contributed by atoms with Gasteiger partial charge in [0.15, 0.2) is 5.69 Å². The van der Waals surface area contributed by atoms with Crippen molar-refractivity contribution in [3.8, 4) is 0 Å². The lowest BCUT2D eigenvalue weighted by Crippen LogP contribution is -2.50. The van der Waals surface area contributed by atoms with Gasteiger partial charge in [-0.15, -0.1) is 0 Å². The van der Waals surface area contributed by atoms with Gasteiger partial charge in [0.05, 0.1) is 12.1 Å². The Labute approximate surface area is 134 Å². The summed E-state index contributed by atoms with van der Waals surface area (Å²) < 4.78 is 9.90. The van der Waals surface area contributed by atoms with Crippen LogP contribution in [0.1, 0.15) is 42.7 Å². The second-order valence-corrected chi connectivity index (χ2v) is 6.58. The Morgan fingerprint density at radius 3 is 2.50 bits per heavy atom. The summed E-state index contributed by atoms with van der Waals surface area (Å²) in [6, 6.07) is 1.69. The van der Waals surface area contributed by atoms with Crippen LogP contribution in [0, 0.1) is 0 Å². The van der Waals surface area contributed by atoms with E-state index in [1.807, 2.05) is 20.8 Å². The van der Waals surface area contributed by atoms with E-state index in [-0.39, 0.29) is 22.7 Å². The predicted octanol–water partition coefficient (Wildman–Crippen LogP) is 2.86. The molecule has 0 atom stereocenters. The molecule has 1 aromatic rings. The number of amides is 1. The second kappa shape index (κ2) is 6.12. The molecule has 120 valence electrons. The SMILES string of the molecule is COC(=O)c1ncc(C2CN(C(=O)OC(C)(C)C)C2)cc1Cl. The third kappa shape index (κ3) is 3.68. The minimum absolute atomic E-state index is 0.0937. The maximum atomic E-state index is 11.9. The van der Waals surface area contributed by atoms with E-state index in [1.54, 1.807) is 17.2 Å². The highest BCUT2D eigenvalue weighted by molar-refractivity contribution is 6.33. The molecule has 0 radical (unpaired) electrons. The average molecular weight is 327 g/mol. The second-order valence-electron chi connectivity index (χ2n) is 6.17. The Kier molecular flexibility index (Phi) is 4.60. The van der Waals surface area contributed by atoms with E-state index >= 15 is 0 Å². The lowest BCUT2D eigenvalue weighted by Gasteiger charge is -2.39. The molecule has 0 aliphatic carbocycles. The first kappa shape index (κ1) is 16.5. The monoisotopic (exact) mass is 326 g/mol. The molecule has 1 aliphatic heterocycles. The number of carbonyl (C=O) groups excluding carboxylic acids is 2. The lowest BCUT2D eigenvalue weighted by molar-refractivity contribution is 0.00817. The number of hydrogen-bond donors (Lipinski definition) is 0. The molecule has 1 amide bonds. The molecule has 0 unspecified atom stereocenters. The molecule has 1 fully saturated rings. The van der Waals surface area contributed by atoms with Gasteiger partial charge in [-0.2, -0.15) is 0 Å². The quantitative estimate of drug-likeness (QED) is 0.782. The Balaban J connectivity index is 1.98. The molecule has 1 saturated heterocycles. The van der Waals surface area contributed by atoms with Gasteiger partial charge in [-0.05, 0) is 32.4 Å². The van der Waals surface area contributed by atoms with Gasteiger partial charge < -0.3 is 14.4 Å². The summed E-state index contributed by atoms with van der Waals surface area (Å²) in [4.78, 5) is 29.0. The van der Waals surface area contributed by atoms with Crippen molar-refractivity contribution in [3.05, 3.63) is 28.5 Å². The molecule has 7 heteroatoms. The van der Waals surface area contributed by atoms with Crippen molar-refractivity contribution in [2.24, 2.45) is 0 Å². The summed E-state index contributed by atoms with van der Waals surface area (Å²) in [7, 11) is 1.28. The fraction of sp³-hybridized carbons (Fsp3) is 0.533. The molecular formula is C15H19ClN2O4. The zero-order valence-corrected chi connectivity index (χ0v) is 13.8. The van der Waals surface area contributed by atoms with E-state index in [2.05, 4.69) is 9.72 Å². The topological polar surface area (TPSA) is 68.7 Å². The van der Waals surface area contributed by atoms with E-state index in [1.165, 1.54) is 7.11 Å². The van der Waals surface area contributed by atoms with Crippen molar-refractivity contribution in [1.82, 2.24) is 9.88 Å². The largest absolute Gasteiger partial charge is 0.464 e. The number of methoxy groups -OCH3 is 1. The van der Waals surface area contributed by atoms with Crippen molar-refractivity contribution in [2.45, 2.75) is 32.3 Å². The number of likely N-dealkylation sites (tertiary alicyclic amines) is 1. The minimum atomic E-state index is -0.569. The van der Waals surface area contributed by atoms with E-state index in [0.717, 1.165) is 5.56 Å².